The predicted molar refractivity (Wildman–Crippen MR) is 81.6 cm³/mol. The molecule has 0 unspecified atom stereocenters. The Labute approximate surface area is 131 Å². The highest BCUT2D eigenvalue weighted by Crippen LogP contribution is 2.31. The molecule has 8 heteroatoms. The van der Waals surface area contributed by atoms with Crippen molar-refractivity contribution in [2.75, 3.05) is 11.9 Å². The summed E-state index contributed by atoms with van der Waals surface area (Å²) in [5.41, 5.74) is 0.211. The summed E-state index contributed by atoms with van der Waals surface area (Å²) >= 11 is 5.69. The molecule has 0 bridgehead atoms. The molecule has 0 aliphatic carbocycles. The Kier molecular flexibility index (Phi) is 4.90. The molecule has 0 aliphatic heterocycles. The zero-order chi connectivity index (χ0) is 16.1. The van der Waals surface area contributed by atoms with E-state index in [-0.39, 0.29) is 23.5 Å². The summed E-state index contributed by atoms with van der Waals surface area (Å²) < 4.78 is 4.84. The molecule has 0 spiro atoms. The van der Waals surface area contributed by atoms with Gasteiger partial charge in [0.2, 0.25) is 0 Å². The largest absolute Gasteiger partial charge is 0.462 e. The van der Waals surface area contributed by atoms with Crippen molar-refractivity contribution in [1.82, 2.24) is 4.98 Å². The molecule has 2 aromatic rings. The van der Waals surface area contributed by atoms with E-state index in [1.165, 1.54) is 24.4 Å². The fourth-order valence-corrected chi connectivity index (χ4v) is 1.93. The number of rotatable bonds is 5. The molecule has 0 radical (unpaired) electrons. The molecular formula is C14H12ClN3O4. The van der Waals surface area contributed by atoms with Crippen molar-refractivity contribution in [1.29, 1.82) is 0 Å². The van der Waals surface area contributed by atoms with Gasteiger partial charge in [-0.1, -0.05) is 17.7 Å². The van der Waals surface area contributed by atoms with Gasteiger partial charge >= 0.3 is 11.7 Å². The van der Waals surface area contributed by atoms with Gasteiger partial charge in [-0.3, -0.25) is 10.1 Å². The van der Waals surface area contributed by atoms with Crippen LogP contribution in [0.4, 0.5) is 17.1 Å². The molecule has 1 aromatic heterocycles. The lowest BCUT2D eigenvalue weighted by Crippen LogP contribution is -2.09. The van der Waals surface area contributed by atoms with Gasteiger partial charge < -0.3 is 10.1 Å². The first-order valence-corrected chi connectivity index (χ1v) is 6.73. The van der Waals surface area contributed by atoms with Crippen molar-refractivity contribution in [2.24, 2.45) is 0 Å². The molecule has 0 aliphatic rings. The molecule has 0 saturated carbocycles. The number of para-hydroxylation sites is 1. The zero-order valence-corrected chi connectivity index (χ0v) is 12.3. The molecule has 7 nitrogen and oxygen atoms in total. The van der Waals surface area contributed by atoms with Crippen molar-refractivity contribution in [3.8, 4) is 0 Å². The van der Waals surface area contributed by atoms with E-state index in [9.17, 15) is 14.9 Å². The van der Waals surface area contributed by atoms with Gasteiger partial charge in [-0.2, -0.15) is 0 Å². The van der Waals surface area contributed by atoms with E-state index < -0.39 is 10.9 Å². The van der Waals surface area contributed by atoms with Crippen LogP contribution in [0.25, 0.3) is 0 Å². The third-order valence-corrected chi connectivity index (χ3v) is 2.94. The van der Waals surface area contributed by atoms with Gasteiger partial charge in [-0.15, -0.1) is 0 Å². The van der Waals surface area contributed by atoms with Crippen LogP contribution in [0.15, 0.2) is 36.5 Å². The number of aromatic nitrogens is 1. The molecular weight excluding hydrogens is 310 g/mol. The number of nitrogens with zero attached hydrogens (tertiary/aromatic N) is 2. The molecule has 1 N–H and O–H groups in total. The van der Waals surface area contributed by atoms with Gasteiger partial charge in [-0.25, -0.2) is 9.78 Å². The Hall–Kier alpha value is -2.67. The fraction of sp³-hybridized carbons (Fsp3) is 0.143. The molecule has 0 saturated heterocycles. The lowest BCUT2D eigenvalue weighted by molar-refractivity contribution is -0.384. The van der Waals surface area contributed by atoms with E-state index in [0.717, 1.165) is 0 Å². The standard InChI is InChI=1S/C14H12ClN3O4/c1-2-22-14(19)10-4-3-5-11(13(10)18(20)21)17-9-6-7-12(15)16-8-9/h3-8,17H,2H2,1H3. The van der Waals surface area contributed by atoms with Gasteiger partial charge in [0.05, 0.1) is 23.4 Å². The van der Waals surface area contributed by atoms with Crippen LogP contribution in [-0.4, -0.2) is 22.5 Å². The summed E-state index contributed by atoms with van der Waals surface area (Å²) in [5, 5.41) is 14.5. The maximum Gasteiger partial charge on any atom is 0.345 e. The number of hydrogen-bond acceptors (Lipinski definition) is 6. The van der Waals surface area contributed by atoms with E-state index in [1.807, 2.05) is 0 Å². The quantitative estimate of drug-likeness (QED) is 0.391. The minimum atomic E-state index is -0.743. The van der Waals surface area contributed by atoms with E-state index in [1.54, 1.807) is 19.1 Å². The SMILES string of the molecule is CCOC(=O)c1cccc(Nc2ccc(Cl)nc2)c1[N+](=O)[O-]. The first-order chi connectivity index (χ1) is 10.5. The van der Waals surface area contributed by atoms with Crippen LogP contribution < -0.4 is 5.32 Å². The highest BCUT2D eigenvalue weighted by Gasteiger charge is 2.25. The maximum absolute atomic E-state index is 11.8. The number of pyridine rings is 1. The Morgan fingerprint density at radius 2 is 2.18 bits per heavy atom. The normalized spacial score (nSPS) is 10.1. The van der Waals surface area contributed by atoms with Gasteiger partial charge in [0.15, 0.2) is 0 Å². The summed E-state index contributed by atoms with van der Waals surface area (Å²) in [4.78, 5) is 26.4. The summed E-state index contributed by atoms with van der Waals surface area (Å²) in [6, 6.07) is 7.54. The first kappa shape index (κ1) is 15.7. The van der Waals surface area contributed by atoms with Crippen molar-refractivity contribution >= 4 is 34.6 Å². The number of carbonyl (C=O) groups excluding carboxylic acids is 1. The summed E-state index contributed by atoms with van der Waals surface area (Å²) in [6.45, 7) is 1.76. The minimum absolute atomic E-state index is 0.112. The second-order valence-corrected chi connectivity index (χ2v) is 4.56. The summed E-state index contributed by atoms with van der Waals surface area (Å²) in [6.07, 6.45) is 1.43. The second-order valence-electron chi connectivity index (χ2n) is 4.17. The number of nitro groups is 1. The van der Waals surface area contributed by atoms with E-state index in [4.69, 9.17) is 16.3 Å². The Morgan fingerprint density at radius 1 is 1.41 bits per heavy atom. The third kappa shape index (κ3) is 3.50. The highest BCUT2D eigenvalue weighted by molar-refractivity contribution is 6.29. The predicted octanol–water partition coefficient (Wildman–Crippen LogP) is 3.56. The van der Waals surface area contributed by atoms with Gasteiger partial charge in [0, 0.05) is 0 Å². The van der Waals surface area contributed by atoms with Crippen LogP contribution in [0, 0.1) is 10.1 Å². The molecule has 114 valence electrons. The minimum Gasteiger partial charge on any atom is -0.462 e. The lowest BCUT2D eigenvalue weighted by Gasteiger charge is -2.09. The summed E-state index contributed by atoms with van der Waals surface area (Å²) in [5.74, 6) is -0.743. The molecule has 0 atom stereocenters. The number of anilines is 2. The van der Waals surface area contributed by atoms with Crippen LogP contribution in [0.1, 0.15) is 17.3 Å². The summed E-state index contributed by atoms with van der Waals surface area (Å²) in [7, 11) is 0. The molecule has 1 aromatic carbocycles. The number of esters is 1. The molecule has 22 heavy (non-hydrogen) atoms. The maximum atomic E-state index is 11.8. The van der Waals surface area contributed by atoms with E-state index >= 15 is 0 Å². The second kappa shape index (κ2) is 6.86. The van der Waals surface area contributed by atoms with Gasteiger partial charge in [0.25, 0.3) is 0 Å². The number of halogens is 1. The Bertz CT molecular complexity index is 704. The molecule has 1 heterocycles. The van der Waals surface area contributed by atoms with E-state index in [0.29, 0.717) is 10.8 Å². The highest BCUT2D eigenvalue weighted by atomic mass is 35.5. The van der Waals surface area contributed by atoms with Gasteiger partial charge in [0.1, 0.15) is 16.4 Å². The van der Waals surface area contributed by atoms with Crippen molar-refractivity contribution < 1.29 is 14.5 Å². The first-order valence-electron chi connectivity index (χ1n) is 6.36. The van der Waals surface area contributed by atoms with Crippen LogP contribution in [0.3, 0.4) is 0 Å². The number of benzene rings is 1. The average molecular weight is 322 g/mol. The third-order valence-electron chi connectivity index (χ3n) is 2.72. The Morgan fingerprint density at radius 3 is 2.77 bits per heavy atom. The lowest BCUT2D eigenvalue weighted by atomic mass is 10.1. The monoisotopic (exact) mass is 321 g/mol. The number of hydrogen-bond donors (Lipinski definition) is 1. The van der Waals surface area contributed by atoms with Crippen LogP contribution in [0.2, 0.25) is 5.15 Å². The molecule has 0 fully saturated rings. The molecule has 2 rings (SSSR count). The number of nitrogens with one attached hydrogen (secondary N) is 1. The fourth-order valence-electron chi connectivity index (χ4n) is 1.82. The van der Waals surface area contributed by atoms with Crippen molar-refractivity contribution in [3.05, 3.63) is 57.4 Å². The molecule has 0 amide bonds. The average Bonchev–Trinajstić information content (AvgIpc) is 2.49. The zero-order valence-electron chi connectivity index (χ0n) is 11.6. The van der Waals surface area contributed by atoms with Crippen molar-refractivity contribution in [2.45, 2.75) is 6.92 Å². The van der Waals surface area contributed by atoms with Crippen molar-refractivity contribution in [3.63, 3.8) is 0 Å². The number of carbonyl (C=O) groups is 1. The van der Waals surface area contributed by atoms with Gasteiger partial charge in [-0.05, 0) is 31.2 Å². The number of ether oxygens (including phenoxy) is 1. The topological polar surface area (TPSA) is 94.4 Å². The number of nitro benzene ring substituents is 1. The van der Waals surface area contributed by atoms with Crippen LogP contribution in [0.5, 0.6) is 0 Å². The Balaban J connectivity index is 2.42. The van der Waals surface area contributed by atoms with Crippen LogP contribution >= 0.6 is 11.6 Å². The van der Waals surface area contributed by atoms with Crippen LogP contribution in [-0.2, 0) is 4.74 Å². The van der Waals surface area contributed by atoms with E-state index in [2.05, 4.69) is 10.3 Å². The smallest absolute Gasteiger partial charge is 0.345 e.